The molecule has 0 aromatic rings. The lowest BCUT2D eigenvalue weighted by atomic mass is 9.64. The van der Waals surface area contributed by atoms with Crippen LogP contribution in [-0.4, -0.2) is 31.7 Å². The molecule has 1 aliphatic rings. The number of nitrogens with one attached hydrogen (secondary N) is 1. The molecule has 0 radical (unpaired) electrons. The first-order valence-electron chi connectivity index (χ1n) is 6.86. The Morgan fingerprint density at radius 2 is 2.11 bits per heavy atom. The number of nitrogens with two attached hydrogens (primary N) is 1. The number of methoxy groups -OCH3 is 1. The zero-order valence-corrected chi connectivity index (χ0v) is 12.3. The second-order valence-electron chi connectivity index (χ2n) is 6.40. The molecular formula is C14H28N2O2. The van der Waals surface area contributed by atoms with Crippen LogP contribution in [0.15, 0.2) is 0 Å². The number of rotatable bonds is 6. The highest BCUT2D eigenvalue weighted by Crippen LogP contribution is 2.42. The van der Waals surface area contributed by atoms with Gasteiger partial charge in [-0.15, -0.1) is 0 Å². The molecule has 0 saturated heterocycles. The zero-order chi connectivity index (χ0) is 13.9. The smallest absolute Gasteiger partial charge is 0.224 e. The van der Waals surface area contributed by atoms with E-state index in [0.717, 1.165) is 12.8 Å². The van der Waals surface area contributed by atoms with Gasteiger partial charge < -0.3 is 15.8 Å². The van der Waals surface area contributed by atoms with Crippen molar-refractivity contribution in [1.82, 2.24) is 5.32 Å². The minimum atomic E-state index is -0.0672. The maximum atomic E-state index is 12.2. The molecule has 1 aliphatic carbocycles. The summed E-state index contributed by atoms with van der Waals surface area (Å²) in [5.41, 5.74) is 5.71. The van der Waals surface area contributed by atoms with Crippen molar-refractivity contribution in [3.05, 3.63) is 0 Å². The zero-order valence-electron chi connectivity index (χ0n) is 12.3. The molecule has 0 aliphatic heterocycles. The monoisotopic (exact) mass is 256 g/mol. The van der Waals surface area contributed by atoms with Crippen LogP contribution in [0.5, 0.6) is 0 Å². The fourth-order valence-corrected chi connectivity index (χ4v) is 2.70. The van der Waals surface area contributed by atoms with Gasteiger partial charge in [-0.2, -0.15) is 0 Å². The van der Waals surface area contributed by atoms with Gasteiger partial charge in [-0.25, -0.2) is 0 Å². The number of amides is 1. The van der Waals surface area contributed by atoms with Crippen LogP contribution in [0.1, 0.15) is 40.5 Å². The first kappa shape index (κ1) is 15.4. The predicted molar refractivity (Wildman–Crippen MR) is 73.1 cm³/mol. The van der Waals surface area contributed by atoms with E-state index in [1.807, 2.05) is 0 Å². The van der Waals surface area contributed by atoms with Crippen LogP contribution >= 0.6 is 0 Å². The summed E-state index contributed by atoms with van der Waals surface area (Å²) in [6.07, 6.45) is 1.99. The summed E-state index contributed by atoms with van der Waals surface area (Å²) < 4.78 is 5.39. The molecule has 3 unspecified atom stereocenters. The molecule has 1 saturated carbocycles. The number of hydrogen-bond acceptors (Lipinski definition) is 3. The van der Waals surface area contributed by atoms with Gasteiger partial charge in [0.1, 0.15) is 0 Å². The van der Waals surface area contributed by atoms with Crippen molar-refractivity contribution < 1.29 is 9.53 Å². The highest BCUT2D eigenvalue weighted by atomic mass is 16.5. The van der Waals surface area contributed by atoms with Gasteiger partial charge in [-0.1, -0.05) is 27.7 Å². The van der Waals surface area contributed by atoms with Crippen LogP contribution in [0.2, 0.25) is 0 Å². The van der Waals surface area contributed by atoms with Crippen LogP contribution in [0.3, 0.4) is 0 Å². The van der Waals surface area contributed by atoms with Gasteiger partial charge in [0.2, 0.25) is 5.91 Å². The maximum absolute atomic E-state index is 12.2. The van der Waals surface area contributed by atoms with E-state index in [0.29, 0.717) is 12.5 Å². The Hall–Kier alpha value is -0.610. The van der Waals surface area contributed by atoms with E-state index in [-0.39, 0.29) is 29.4 Å². The quantitative estimate of drug-likeness (QED) is 0.757. The standard InChI is InChI=1S/C14H28N2O2/c1-9(2)6-10(8-15)13(17)16-11-7-12(18-5)14(11,3)4/h9-12H,6-8,15H2,1-5H3,(H,16,17). The van der Waals surface area contributed by atoms with Crippen LogP contribution in [0.25, 0.3) is 0 Å². The Kier molecular flexibility index (Phi) is 5.17. The van der Waals surface area contributed by atoms with E-state index >= 15 is 0 Å². The summed E-state index contributed by atoms with van der Waals surface area (Å²) in [7, 11) is 1.73. The Morgan fingerprint density at radius 1 is 1.50 bits per heavy atom. The summed E-state index contributed by atoms with van der Waals surface area (Å²) >= 11 is 0. The molecule has 4 heteroatoms. The first-order chi connectivity index (χ1) is 8.32. The predicted octanol–water partition coefficient (Wildman–Crippen LogP) is 1.54. The van der Waals surface area contributed by atoms with E-state index in [9.17, 15) is 4.79 Å². The third-order valence-corrected chi connectivity index (χ3v) is 4.19. The fraction of sp³-hybridized carbons (Fsp3) is 0.929. The molecule has 106 valence electrons. The lowest BCUT2D eigenvalue weighted by molar-refractivity contribution is -0.136. The lowest BCUT2D eigenvalue weighted by Crippen LogP contribution is -2.62. The van der Waals surface area contributed by atoms with E-state index in [1.54, 1.807) is 7.11 Å². The summed E-state index contributed by atoms with van der Waals surface area (Å²) in [6.45, 7) is 8.92. The van der Waals surface area contributed by atoms with E-state index < -0.39 is 0 Å². The molecule has 0 aromatic heterocycles. The van der Waals surface area contributed by atoms with Crippen molar-refractivity contribution in [3.63, 3.8) is 0 Å². The van der Waals surface area contributed by atoms with Crippen LogP contribution in [-0.2, 0) is 9.53 Å². The Bertz CT molecular complexity index is 290. The molecule has 3 atom stereocenters. The maximum Gasteiger partial charge on any atom is 0.224 e. The molecule has 0 aromatic carbocycles. The Labute approximate surface area is 111 Å². The topological polar surface area (TPSA) is 64.3 Å². The van der Waals surface area contributed by atoms with E-state index in [1.165, 1.54) is 0 Å². The van der Waals surface area contributed by atoms with Crippen molar-refractivity contribution in [2.45, 2.75) is 52.7 Å². The van der Waals surface area contributed by atoms with Crippen molar-refractivity contribution >= 4 is 5.91 Å². The van der Waals surface area contributed by atoms with Gasteiger partial charge in [0.05, 0.1) is 12.0 Å². The molecule has 1 rings (SSSR count). The van der Waals surface area contributed by atoms with Gasteiger partial charge >= 0.3 is 0 Å². The highest BCUT2D eigenvalue weighted by molar-refractivity contribution is 5.79. The Balaban J connectivity index is 2.50. The lowest BCUT2D eigenvalue weighted by Gasteiger charge is -2.51. The van der Waals surface area contributed by atoms with Crippen molar-refractivity contribution in [2.24, 2.45) is 23.0 Å². The molecule has 18 heavy (non-hydrogen) atoms. The minimum Gasteiger partial charge on any atom is -0.381 e. The minimum absolute atomic E-state index is 0.0153. The van der Waals surface area contributed by atoms with Crippen LogP contribution < -0.4 is 11.1 Å². The number of carbonyl (C=O) groups excluding carboxylic acids is 1. The SMILES string of the molecule is COC1CC(NC(=O)C(CN)CC(C)C)C1(C)C. The molecule has 0 heterocycles. The van der Waals surface area contributed by atoms with Crippen molar-refractivity contribution in [2.75, 3.05) is 13.7 Å². The average Bonchev–Trinajstić information content (AvgIpc) is 2.30. The number of hydrogen-bond donors (Lipinski definition) is 2. The van der Waals surface area contributed by atoms with E-state index in [4.69, 9.17) is 10.5 Å². The average molecular weight is 256 g/mol. The summed E-state index contributed by atoms with van der Waals surface area (Å²) in [4.78, 5) is 12.2. The molecule has 3 N–H and O–H groups in total. The molecule has 1 fully saturated rings. The fourth-order valence-electron chi connectivity index (χ4n) is 2.70. The van der Waals surface area contributed by atoms with Gasteiger partial charge in [0.15, 0.2) is 0 Å². The number of ether oxygens (including phenoxy) is 1. The summed E-state index contributed by atoms with van der Waals surface area (Å²) in [5, 5.41) is 3.13. The van der Waals surface area contributed by atoms with Crippen LogP contribution in [0, 0.1) is 17.3 Å². The second kappa shape index (κ2) is 6.02. The highest BCUT2D eigenvalue weighted by Gasteiger charge is 2.49. The Morgan fingerprint density at radius 3 is 2.50 bits per heavy atom. The van der Waals surface area contributed by atoms with E-state index in [2.05, 4.69) is 33.0 Å². The normalized spacial score (nSPS) is 27.7. The third-order valence-electron chi connectivity index (χ3n) is 4.19. The van der Waals surface area contributed by atoms with Gasteiger partial charge in [0, 0.05) is 25.1 Å². The first-order valence-corrected chi connectivity index (χ1v) is 6.86. The largest absolute Gasteiger partial charge is 0.381 e. The number of carbonyl (C=O) groups is 1. The summed E-state index contributed by atoms with van der Waals surface area (Å²) in [5.74, 6) is 0.520. The molecule has 0 bridgehead atoms. The van der Waals surface area contributed by atoms with Crippen LogP contribution in [0.4, 0.5) is 0 Å². The second-order valence-corrected chi connectivity index (χ2v) is 6.40. The van der Waals surface area contributed by atoms with Crippen molar-refractivity contribution in [3.8, 4) is 0 Å². The molecule has 4 nitrogen and oxygen atoms in total. The molecule has 0 spiro atoms. The molecule has 1 amide bonds. The van der Waals surface area contributed by atoms with Gasteiger partial charge in [-0.3, -0.25) is 4.79 Å². The van der Waals surface area contributed by atoms with Crippen molar-refractivity contribution in [1.29, 1.82) is 0 Å². The van der Waals surface area contributed by atoms with Gasteiger partial charge in [-0.05, 0) is 18.8 Å². The third kappa shape index (κ3) is 3.23. The summed E-state index contributed by atoms with van der Waals surface area (Å²) in [6, 6.07) is 0.205. The van der Waals surface area contributed by atoms with Gasteiger partial charge in [0.25, 0.3) is 0 Å². The molecular weight excluding hydrogens is 228 g/mol.